The normalized spacial score (nSPS) is 24.1. The van der Waals surface area contributed by atoms with Crippen molar-refractivity contribution in [1.29, 1.82) is 0 Å². The number of hydrogen-bond acceptors (Lipinski definition) is 3. The molecule has 1 aliphatic rings. The lowest BCUT2D eigenvalue weighted by molar-refractivity contribution is 0.205. The van der Waals surface area contributed by atoms with Crippen molar-refractivity contribution in [2.75, 3.05) is 6.61 Å². The number of nitrogens with one attached hydrogen (secondary N) is 1. The summed E-state index contributed by atoms with van der Waals surface area (Å²) in [6, 6.07) is 5.63. The molecule has 1 fully saturated rings. The Balaban J connectivity index is 1.91. The first kappa shape index (κ1) is 12.7. The lowest BCUT2D eigenvalue weighted by Crippen LogP contribution is -2.33. The lowest BCUT2D eigenvalue weighted by Gasteiger charge is -2.19. The van der Waals surface area contributed by atoms with E-state index in [4.69, 9.17) is 11.6 Å². The van der Waals surface area contributed by atoms with Crippen LogP contribution in [0.5, 0.6) is 5.75 Å². The van der Waals surface area contributed by atoms with Gasteiger partial charge in [0.15, 0.2) is 0 Å². The Hall–Kier alpha value is -0.770. The van der Waals surface area contributed by atoms with Crippen molar-refractivity contribution in [2.45, 2.75) is 31.8 Å². The average molecular weight is 256 g/mol. The van der Waals surface area contributed by atoms with Gasteiger partial charge < -0.3 is 15.5 Å². The van der Waals surface area contributed by atoms with Crippen molar-refractivity contribution in [2.24, 2.45) is 5.92 Å². The van der Waals surface area contributed by atoms with Crippen molar-refractivity contribution in [3.05, 3.63) is 28.8 Å². The predicted molar refractivity (Wildman–Crippen MR) is 68.2 cm³/mol. The van der Waals surface area contributed by atoms with Gasteiger partial charge in [-0.15, -0.1) is 0 Å². The smallest absolute Gasteiger partial charge is 0.134 e. The summed E-state index contributed by atoms with van der Waals surface area (Å²) in [7, 11) is 0. The molecule has 0 amide bonds. The van der Waals surface area contributed by atoms with E-state index in [1.165, 1.54) is 6.42 Å². The van der Waals surface area contributed by atoms with Gasteiger partial charge in [-0.2, -0.15) is 0 Å². The van der Waals surface area contributed by atoms with Crippen LogP contribution in [0.3, 0.4) is 0 Å². The standard InChI is InChI=1S/C13H18ClNO2/c14-11-6-9(4-5-13(11)17)7-15-12-3-1-2-10(12)8-16/h4-6,10,12,15-17H,1-3,7-8H2. The summed E-state index contributed by atoms with van der Waals surface area (Å²) >= 11 is 5.85. The molecule has 4 heteroatoms. The van der Waals surface area contributed by atoms with E-state index in [1.54, 1.807) is 12.1 Å². The molecule has 17 heavy (non-hydrogen) atoms. The first-order valence-corrected chi connectivity index (χ1v) is 6.40. The number of aromatic hydroxyl groups is 1. The second-order valence-electron chi connectivity index (χ2n) is 4.65. The second-order valence-corrected chi connectivity index (χ2v) is 5.05. The number of rotatable bonds is 4. The molecular formula is C13H18ClNO2. The first-order valence-electron chi connectivity index (χ1n) is 6.02. The Morgan fingerprint density at radius 3 is 2.88 bits per heavy atom. The Bertz CT molecular complexity index is 384. The van der Waals surface area contributed by atoms with Crippen LogP contribution in [0.1, 0.15) is 24.8 Å². The highest BCUT2D eigenvalue weighted by molar-refractivity contribution is 6.32. The summed E-state index contributed by atoms with van der Waals surface area (Å²) < 4.78 is 0. The molecule has 3 nitrogen and oxygen atoms in total. The fourth-order valence-electron chi connectivity index (χ4n) is 2.43. The van der Waals surface area contributed by atoms with Crippen molar-refractivity contribution in [3.8, 4) is 5.75 Å². The summed E-state index contributed by atoms with van der Waals surface area (Å²) in [5.74, 6) is 0.493. The largest absolute Gasteiger partial charge is 0.506 e. The Morgan fingerprint density at radius 1 is 1.35 bits per heavy atom. The van der Waals surface area contributed by atoms with Crippen LogP contribution in [-0.2, 0) is 6.54 Å². The lowest BCUT2D eigenvalue weighted by atomic mass is 10.0. The van der Waals surface area contributed by atoms with Crippen molar-refractivity contribution in [1.82, 2.24) is 5.32 Å². The topological polar surface area (TPSA) is 52.5 Å². The van der Waals surface area contributed by atoms with Crippen molar-refractivity contribution < 1.29 is 10.2 Å². The minimum absolute atomic E-state index is 0.115. The molecule has 3 N–H and O–H groups in total. The minimum atomic E-state index is 0.115. The van der Waals surface area contributed by atoms with E-state index in [1.807, 2.05) is 6.07 Å². The number of phenolic OH excluding ortho intramolecular Hbond substituents is 1. The summed E-state index contributed by atoms with van der Waals surface area (Å²) in [5, 5.41) is 22.4. The van der Waals surface area contributed by atoms with Gasteiger partial charge >= 0.3 is 0 Å². The second kappa shape index (κ2) is 5.71. The molecule has 2 unspecified atom stereocenters. The highest BCUT2D eigenvalue weighted by Crippen LogP contribution is 2.26. The number of hydrogen-bond donors (Lipinski definition) is 3. The van der Waals surface area contributed by atoms with Gasteiger partial charge in [-0.1, -0.05) is 24.1 Å². The Morgan fingerprint density at radius 2 is 2.18 bits per heavy atom. The molecule has 0 aromatic heterocycles. The quantitative estimate of drug-likeness (QED) is 0.774. The third-order valence-corrected chi connectivity index (χ3v) is 3.78. The van der Waals surface area contributed by atoms with Crippen molar-refractivity contribution in [3.63, 3.8) is 0 Å². The van der Waals surface area contributed by atoms with E-state index in [9.17, 15) is 10.2 Å². The van der Waals surface area contributed by atoms with Crippen LogP contribution in [0, 0.1) is 5.92 Å². The molecule has 0 spiro atoms. The van der Waals surface area contributed by atoms with Gasteiger partial charge in [0.1, 0.15) is 5.75 Å². The minimum Gasteiger partial charge on any atom is -0.506 e. The van der Waals surface area contributed by atoms with E-state index in [0.717, 1.165) is 24.9 Å². The Kier molecular flexibility index (Phi) is 4.26. The number of phenols is 1. The molecule has 0 heterocycles. The van der Waals surface area contributed by atoms with Gasteiger partial charge in [0.2, 0.25) is 0 Å². The zero-order valence-electron chi connectivity index (χ0n) is 9.69. The van der Waals surface area contributed by atoms with Gasteiger partial charge in [0.05, 0.1) is 5.02 Å². The predicted octanol–water partition coefficient (Wildman–Crippen LogP) is 2.30. The maximum atomic E-state index is 9.32. The zero-order chi connectivity index (χ0) is 12.3. The monoisotopic (exact) mass is 255 g/mol. The van der Waals surface area contributed by atoms with E-state index < -0.39 is 0 Å². The molecule has 94 valence electrons. The van der Waals surface area contributed by atoms with E-state index in [2.05, 4.69) is 5.32 Å². The van der Waals surface area contributed by atoms with Gasteiger partial charge in [0.25, 0.3) is 0 Å². The summed E-state index contributed by atoms with van der Waals surface area (Å²) in [6.45, 7) is 0.981. The third kappa shape index (κ3) is 3.12. The molecular weight excluding hydrogens is 238 g/mol. The molecule has 1 saturated carbocycles. The molecule has 0 bridgehead atoms. The van der Waals surface area contributed by atoms with Crippen molar-refractivity contribution >= 4 is 11.6 Å². The zero-order valence-corrected chi connectivity index (χ0v) is 10.5. The van der Waals surface area contributed by atoms with E-state index in [-0.39, 0.29) is 12.4 Å². The number of aliphatic hydroxyl groups excluding tert-OH is 1. The van der Waals surface area contributed by atoms with Gasteiger partial charge in [-0.05, 0) is 36.5 Å². The molecule has 1 aliphatic carbocycles. The van der Waals surface area contributed by atoms with Crippen LogP contribution in [0.2, 0.25) is 5.02 Å². The molecule has 0 aliphatic heterocycles. The third-order valence-electron chi connectivity index (χ3n) is 3.47. The van der Waals surface area contributed by atoms with E-state index >= 15 is 0 Å². The fraction of sp³-hybridized carbons (Fsp3) is 0.538. The maximum Gasteiger partial charge on any atom is 0.134 e. The number of halogens is 1. The molecule has 1 aromatic rings. The summed E-state index contributed by atoms with van der Waals surface area (Å²) in [4.78, 5) is 0. The van der Waals surface area contributed by atoms with Gasteiger partial charge in [-0.3, -0.25) is 0 Å². The van der Waals surface area contributed by atoms with E-state index in [0.29, 0.717) is 17.0 Å². The van der Waals surface area contributed by atoms with Crippen LogP contribution in [-0.4, -0.2) is 22.9 Å². The van der Waals surface area contributed by atoms with Crippen LogP contribution >= 0.6 is 11.6 Å². The molecule has 2 atom stereocenters. The Labute approximate surface area is 106 Å². The summed E-state index contributed by atoms with van der Waals surface area (Å²) in [6.07, 6.45) is 3.40. The van der Waals surface area contributed by atoms with Crippen LogP contribution in [0.4, 0.5) is 0 Å². The van der Waals surface area contributed by atoms with Crippen LogP contribution in [0.15, 0.2) is 18.2 Å². The molecule has 0 saturated heterocycles. The fourth-order valence-corrected chi connectivity index (χ4v) is 2.64. The number of benzene rings is 1. The highest BCUT2D eigenvalue weighted by Gasteiger charge is 2.25. The molecule has 2 rings (SSSR count). The van der Waals surface area contributed by atoms with Gasteiger partial charge in [0, 0.05) is 19.2 Å². The van der Waals surface area contributed by atoms with Crippen LogP contribution in [0.25, 0.3) is 0 Å². The first-order chi connectivity index (χ1) is 8.20. The molecule has 0 radical (unpaired) electrons. The van der Waals surface area contributed by atoms with Crippen LogP contribution < -0.4 is 5.32 Å². The van der Waals surface area contributed by atoms with Gasteiger partial charge in [-0.25, -0.2) is 0 Å². The highest BCUT2D eigenvalue weighted by atomic mass is 35.5. The number of aliphatic hydroxyl groups is 1. The SMILES string of the molecule is OCC1CCCC1NCc1ccc(O)c(Cl)c1. The summed E-state index contributed by atoms with van der Waals surface area (Å²) in [5.41, 5.74) is 1.05. The maximum absolute atomic E-state index is 9.32. The average Bonchev–Trinajstić information content (AvgIpc) is 2.78. The molecule has 1 aromatic carbocycles.